The van der Waals surface area contributed by atoms with E-state index in [1.807, 2.05) is 0 Å². The van der Waals surface area contributed by atoms with Gasteiger partial charge in [0.15, 0.2) is 0 Å². The van der Waals surface area contributed by atoms with Crippen LogP contribution < -0.4 is 4.72 Å². The highest BCUT2D eigenvalue weighted by molar-refractivity contribution is 7.89. The lowest BCUT2D eigenvalue weighted by Gasteiger charge is -2.11. The summed E-state index contributed by atoms with van der Waals surface area (Å²) in [5.41, 5.74) is 0.233. The van der Waals surface area contributed by atoms with E-state index in [1.54, 1.807) is 30.5 Å². The van der Waals surface area contributed by atoms with Crippen LogP contribution in [0.1, 0.15) is 11.1 Å². The van der Waals surface area contributed by atoms with E-state index >= 15 is 0 Å². The number of rotatable bonds is 4. The quantitative estimate of drug-likeness (QED) is 0.706. The molecule has 0 atom stereocenters. The second-order valence-corrected chi connectivity index (χ2v) is 7.69. The molecule has 2 aromatic carbocycles. The van der Waals surface area contributed by atoms with Gasteiger partial charge in [-0.25, -0.2) is 13.1 Å². The summed E-state index contributed by atoms with van der Waals surface area (Å²) >= 11 is 6.04. The van der Waals surface area contributed by atoms with E-state index < -0.39 is 21.8 Å². The summed E-state index contributed by atoms with van der Waals surface area (Å²) in [6.45, 7) is -0.0998. The molecule has 0 spiro atoms. The van der Waals surface area contributed by atoms with E-state index in [2.05, 4.69) is 9.71 Å². The van der Waals surface area contributed by atoms with E-state index in [9.17, 15) is 21.6 Å². The van der Waals surface area contributed by atoms with Gasteiger partial charge in [-0.2, -0.15) is 13.2 Å². The van der Waals surface area contributed by atoms with Gasteiger partial charge in [0.1, 0.15) is 0 Å². The average Bonchev–Trinajstić information content (AvgIpc) is 2.59. The summed E-state index contributed by atoms with van der Waals surface area (Å²) in [4.78, 5) is 3.96. The Kier molecular flexibility index (Phi) is 4.92. The molecule has 0 fully saturated rings. The lowest BCUT2D eigenvalue weighted by Crippen LogP contribution is -2.23. The first-order valence-electron chi connectivity index (χ1n) is 7.37. The van der Waals surface area contributed by atoms with Crippen molar-refractivity contribution in [1.82, 2.24) is 9.71 Å². The van der Waals surface area contributed by atoms with Crippen molar-refractivity contribution in [3.05, 3.63) is 70.9 Å². The molecule has 9 heteroatoms. The maximum atomic E-state index is 12.6. The van der Waals surface area contributed by atoms with Gasteiger partial charge in [0.25, 0.3) is 0 Å². The maximum absolute atomic E-state index is 12.6. The summed E-state index contributed by atoms with van der Waals surface area (Å²) < 4.78 is 64.8. The first kappa shape index (κ1) is 18.6. The lowest BCUT2D eigenvalue weighted by atomic mass is 10.1. The molecule has 136 valence electrons. The molecule has 1 heterocycles. The molecule has 1 N–H and O–H groups in total. The standard InChI is InChI=1S/C17H12ClF3N2O2S/c18-14-8-11-2-1-7-22-16(11)12(9-14)10-23-26(24,25)15-5-3-13(4-6-15)17(19,20)21/h1-9,23H,10H2. The number of hydrogen-bond donors (Lipinski definition) is 1. The highest BCUT2D eigenvalue weighted by atomic mass is 35.5. The predicted molar refractivity (Wildman–Crippen MR) is 92.2 cm³/mol. The van der Waals surface area contributed by atoms with Crippen molar-refractivity contribution < 1.29 is 21.6 Å². The van der Waals surface area contributed by atoms with Crippen LogP contribution in [-0.4, -0.2) is 13.4 Å². The van der Waals surface area contributed by atoms with Gasteiger partial charge in [-0.3, -0.25) is 4.98 Å². The van der Waals surface area contributed by atoms with E-state index in [1.165, 1.54) is 0 Å². The number of benzene rings is 2. The van der Waals surface area contributed by atoms with Crippen LogP contribution in [0.4, 0.5) is 13.2 Å². The molecule has 0 unspecified atom stereocenters. The molecular weight excluding hydrogens is 389 g/mol. The van der Waals surface area contributed by atoms with Crippen LogP contribution in [0.5, 0.6) is 0 Å². The maximum Gasteiger partial charge on any atom is 0.416 e. The van der Waals surface area contributed by atoms with Crippen LogP contribution in [0.3, 0.4) is 0 Å². The minimum Gasteiger partial charge on any atom is -0.256 e. The Labute approximate surface area is 152 Å². The molecule has 1 aromatic heterocycles. The van der Waals surface area contributed by atoms with Gasteiger partial charge in [0.2, 0.25) is 10.0 Å². The first-order chi connectivity index (χ1) is 12.2. The van der Waals surface area contributed by atoms with E-state index in [0.29, 0.717) is 16.1 Å². The Bertz CT molecular complexity index is 1050. The third-order valence-electron chi connectivity index (χ3n) is 3.69. The number of alkyl halides is 3. The molecule has 3 aromatic rings. The number of pyridine rings is 1. The minimum absolute atomic E-state index is 0.0998. The smallest absolute Gasteiger partial charge is 0.256 e. The van der Waals surface area contributed by atoms with Crippen molar-refractivity contribution in [2.75, 3.05) is 0 Å². The van der Waals surface area contributed by atoms with Crippen molar-refractivity contribution in [3.63, 3.8) is 0 Å². The average molecular weight is 401 g/mol. The molecule has 0 aliphatic carbocycles. The number of fused-ring (bicyclic) bond motifs is 1. The Morgan fingerprint density at radius 3 is 2.42 bits per heavy atom. The first-order valence-corrected chi connectivity index (χ1v) is 9.23. The molecule has 0 amide bonds. The molecule has 0 radical (unpaired) electrons. The fraction of sp³-hybridized carbons (Fsp3) is 0.118. The monoisotopic (exact) mass is 400 g/mol. The zero-order valence-corrected chi connectivity index (χ0v) is 14.7. The number of sulfonamides is 1. The molecule has 4 nitrogen and oxygen atoms in total. The van der Waals surface area contributed by atoms with Crippen molar-refractivity contribution in [1.29, 1.82) is 0 Å². The van der Waals surface area contributed by atoms with Crippen molar-refractivity contribution >= 4 is 32.5 Å². The van der Waals surface area contributed by atoms with Crippen molar-refractivity contribution in [3.8, 4) is 0 Å². The van der Waals surface area contributed by atoms with Gasteiger partial charge in [0.05, 0.1) is 16.0 Å². The Balaban J connectivity index is 1.85. The van der Waals surface area contributed by atoms with E-state index in [0.717, 1.165) is 29.7 Å². The largest absolute Gasteiger partial charge is 0.416 e. The van der Waals surface area contributed by atoms with Gasteiger partial charge in [-0.1, -0.05) is 17.7 Å². The van der Waals surface area contributed by atoms with Gasteiger partial charge in [-0.15, -0.1) is 0 Å². The fourth-order valence-corrected chi connectivity index (χ4v) is 3.70. The highest BCUT2D eigenvalue weighted by Gasteiger charge is 2.30. The van der Waals surface area contributed by atoms with Crippen LogP contribution in [0, 0.1) is 0 Å². The lowest BCUT2D eigenvalue weighted by molar-refractivity contribution is -0.137. The molecule has 0 aliphatic rings. The summed E-state index contributed by atoms with van der Waals surface area (Å²) in [5.74, 6) is 0. The van der Waals surface area contributed by atoms with Crippen LogP contribution in [0.25, 0.3) is 10.9 Å². The summed E-state index contributed by atoms with van der Waals surface area (Å²) in [6, 6.07) is 10.1. The number of aromatic nitrogens is 1. The number of halogens is 4. The van der Waals surface area contributed by atoms with E-state index in [4.69, 9.17) is 11.6 Å². The van der Waals surface area contributed by atoms with Crippen LogP contribution >= 0.6 is 11.6 Å². The van der Waals surface area contributed by atoms with Gasteiger partial charge < -0.3 is 0 Å². The summed E-state index contributed by atoms with van der Waals surface area (Å²) in [5, 5.41) is 1.18. The van der Waals surface area contributed by atoms with Gasteiger partial charge in [0, 0.05) is 23.2 Å². The second-order valence-electron chi connectivity index (χ2n) is 5.49. The van der Waals surface area contributed by atoms with Crippen molar-refractivity contribution in [2.24, 2.45) is 0 Å². The van der Waals surface area contributed by atoms with Crippen LogP contribution in [-0.2, 0) is 22.7 Å². The third-order valence-corrected chi connectivity index (χ3v) is 5.33. The fourth-order valence-electron chi connectivity index (χ4n) is 2.44. The minimum atomic E-state index is -4.53. The van der Waals surface area contributed by atoms with E-state index in [-0.39, 0.29) is 11.4 Å². The molecule has 0 saturated heterocycles. The summed E-state index contributed by atoms with van der Waals surface area (Å²) in [6.07, 6.45) is -2.95. The van der Waals surface area contributed by atoms with Crippen LogP contribution in [0.2, 0.25) is 5.02 Å². The normalized spacial score (nSPS) is 12.5. The zero-order valence-electron chi connectivity index (χ0n) is 13.1. The number of hydrogen-bond acceptors (Lipinski definition) is 3. The number of nitrogens with zero attached hydrogens (tertiary/aromatic N) is 1. The molecule has 3 rings (SSSR count). The SMILES string of the molecule is O=S(=O)(NCc1cc(Cl)cc2cccnc12)c1ccc(C(F)(F)F)cc1. The zero-order chi connectivity index (χ0) is 18.9. The third kappa shape index (κ3) is 3.98. The summed E-state index contributed by atoms with van der Waals surface area (Å²) in [7, 11) is -3.99. The topological polar surface area (TPSA) is 59.1 Å². The molecule has 26 heavy (non-hydrogen) atoms. The second kappa shape index (κ2) is 6.86. The molecule has 0 bridgehead atoms. The Morgan fingerprint density at radius 2 is 1.77 bits per heavy atom. The Hall–Kier alpha value is -2.16. The van der Waals surface area contributed by atoms with Crippen molar-refractivity contribution in [2.45, 2.75) is 17.6 Å². The Morgan fingerprint density at radius 1 is 1.08 bits per heavy atom. The predicted octanol–water partition coefficient (Wildman–Crippen LogP) is 4.39. The molecule has 0 saturated carbocycles. The van der Waals surface area contributed by atoms with Gasteiger partial charge >= 0.3 is 6.18 Å². The molecular formula is C17H12ClF3N2O2S. The van der Waals surface area contributed by atoms with Crippen LogP contribution in [0.15, 0.2) is 59.6 Å². The number of nitrogens with one attached hydrogen (secondary N) is 1. The molecule has 0 aliphatic heterocycles. The highest BCUT2D eigenvalue weighted by Crippen LogP contribution is 2.29. The van der Waals surface area contributed by atoms with Gasteiger partial charge in [-0.05, 0) is 48.0 Å².